The van der Waals surface area contributed by atoms with E-state index in [1.54, 1.807) is 36.3 Å². The van der Waals surface area contributed by atoms with Gasteiger partial charge in [0.25, 0.3) is 5.56 Å². The van der Waals surface area contributed by atoms with Gasteiger partial charge in [0.1, 0.15) is 17.8 Å². The molecule has 2 aromatic carbocycles. The Balaban J connectivity index is 1.43. The topological polar surface area (TPSA) is 80.6 Å². The quantitative estimate of drug-likeness (QED) is 0.677. The summed E-state index contributed by atoms with van der Waals surface area (Å²) in [5, 5.41) is 8.40. The van der Waals surface area contributed by atoms with Gasteiger partial charge in [-0.3, -0.25) is 9.59 Å². The Hall–Kier alpha value is -3.42. The number of carbonyl (C=O) groups excluding carboxylic acids is 1. The number of methoxy groups -OCH3 is 1. The summed E-state index contributed by atoms with van der Waals surface area (Å²) in [5.41, 5.74) is 1.25. The average molecular weight is 379 g/mol. The number of para-hydroxylation sites is 2. The second kappa shape index (κ2) is 7.67. The first-order valence-electron chi connectivity index (χ1n) is 9.15. The van der Waals surface area contributed by atoms with Crippen molar-refractivity contribution < 1.29 is 9.53 Å². The zero-order valence-electron chi connectivity index (χ0n) is 15.6. The van der Waals surface area contributed by atoms with Crippen LogP contribution in [-0.2, 0) is 11.3 Å². The molecular weight excluding hydrogens is 358 g/mol. The summed E-state index contributed by atoms with van der Waals surface area (Å²) in [7, 11) is 1.65. The number of fused-ring (bicyclic) bond motifs is 1. The van der Waals surface area contributed by atoms with Crippen molar-refractivity contribution in [2.24, 2.45) is 0 Å². The number of hydrogen-bond donors (Lipinski definition) is 0. The van der Waals surface area contributed by atoms with E-state index in [0.29, 0.717) is 37.1 Å². The summed E-state index contributed by atoms with van der Waals surface area (Å²) in [6.07, 6.45) is 0. The summed E-state index contributed by atoms with van der Waals surface area (Å²) >= 11 is 0. The predicted molar refractivity (Wildman–Crippen MR) is 106 cm³/mol. The number of aromatic nitrogens is 3. The number of carbonyl (C=O) groups is 1. The Kier molecular flexibility index (Phi) is 4.92. The van der Waals surface area contributed by atoms with Crippen molar-refractivity contribution in [3.63, 3.8) is 0 Å². The lowest BCUT2D eigenvalue weighted by atomic mass is 10.2. The molecule has 0 spiro atoms. The van der Waals surface area contributed by atoms with E-state index in [9.17, 15) is 9.59 Å². The molecule has 0 bridgehead atoms. The minimum Gasteiger partial charge on any atom is -0.495 e. The van der Waals surface area contributed by atoms with Gasteiger partial charge in [0, 0.05) is 26.2 Å². The molecule has 1 aromatic heterocycles. The van der Waals surface area contributed by atoms with Crippen LogP contribution < -0.4 is 15.2 Å². The van der Waals surface area contributed by atoms with Crippen LogP contribution in [-0.4, -0.2) is 59.1 Å². The summed E-state index contributed by atoms with van der Waals surface area (Å²) in [4.78, 5) is 29.2. The van der Waals surface area contributed by atoms with Crippen LogP contribution in [0.1, 0.15) is 0 Å². The second-order valence-electron chi connectivity index (χ2n) is 6.61. The van der Waals surface area contributed by atoms with Gasteiger partial charge in [0.15, 0.2) is 0 Å². The molecule has 1 saturated heterocycles. The molecule has 1 fully saturated rings. The van der Waals surface area contributed by atoms with Gasteiger partial charge in [-0.15, -0.1) is 5.10 Å². The molecule has 0 N–H and O–H groups in total. The van der Waals surface area contributed by atoms with Crippen molar-refractivity contribution in [1.29, 1.82) is 0 Å². The Morgan fingerprint density at radius 1 is 1.04 bits per heavy atom. The maximum Gasteiger partial charge on any atom is 0.278 e. The summed E-state index contributed by atoms with van der Waals surface area (Å²) < 4.78 is 6.56. The van der Waals surface area contributed by atoms with Crippen LogP contribution in [0, 0.1) is 0 Å². The van der Waals surface area contributed by atoms with Crippen LogP contribution in [0.5, 0.6) is 5.75 Å². The van der Waals surface area contributed by atoms with E-state index < -0.39 is 0 Å². The van der Waals surface area contributed by atoms with Gasteiger partial charge in [0.2, 0.25) is 5.91 Å². The Morgan fingerprint density at radius 2 is 1.75 bits per heavy atom. The number of ether oxygens (including phenoxy) is 1. The van der Waals surface area contributed by atoms with E-state index in [2.05, 4.69) is 15.2 Å². The maximum atomic E-state index is 12.7. The van der Waals surface area contributed by atoms with Crippen LogP contribution >= 0.6 is 0 Å². The highest BCUT2D eigenvalue weighted by Gasteiger charge is 2.23. The Labute approximate surface area is 161 Å². The standard InChI is InChI=1S/C20H21N5O3/c1-28-18-9-5-4-8-17(18)23-10-12-24(13-11-23)19(26)14-25-20(27)15-6-2-3-7-16(15)21-22-25/h2-9H,10-14H2,1H3. The third kappa shape index (κ3) is 3.40. The van der Waals surface area contributed by atoms with Gasteiger partial charge in [-0.2, -0.15) is 0 Å². The molecule has 28 heavy (non-hydrogen) atoms. The minimum absolute atomic E-state index is 0.106. The highest BCUT2D eigenvalue weighted by molar-refractivity contribution is 5.78. The molecule has 3 aromatic rings. The molecule has 0 aliphatic carbocycles. The van der Waals surface area contributed by atoms with Crippen LogP contribution in [0.3, 0.4) is 0 Å². The zero-order valence-corrected chi connectivity index (χ0v) is 15.6. The van der Waals surface area contributed by atoms with Gasteiger partial charge in [-0.25, -0.2) is 4.68 Å². The third-order valence-electron chi connectivity index (χ3n) is 4.97. The van der Waals surface area contributed by atoms with E-state index in [1.807, 2.05) is 24.3 Å². The number of anilines is 1. The molecule has 8 nitrogen and oxygen atoms in total. The first-order chi connectivity index (χ1) is 13.7. The predicted octanol–water partition coefficient (Wildman–Crippen LogP) is 1.15. The zero-order chi connectivity index (χ0) is 19.5. The number of benzene rings is 2. The molecular formula is C20H21N5O3. The fourth-order valence-electron chi connectivity index (χ4n) is 3.44. The first kappa shape index (κ1) is 18.0. The van der Waals surface area contributed by atoms with Gasteiger partial charge >= 0.3 is 0 Å². The molecule has 4 rings (SSSR count). The molecule has 8 heteroatoms. The minimum atomic E-state index is -0.299. The van der Waals surface area contributed by atoms with Crippen molar-refractivity contribution in [3.05, 3.63) is 58.9 Å². The van der Waals surface area contributed by atoms with Gasteiger partial charge in [0.05, 0.1) is 18.2 Å². The Bertz CT molecular complexity index is 1060. The monoisotopic (exact) mass is 379 g/mol. The van der Waals surface area contributed by atoms with Gasteiger partial charge in [-0.1, -0.05) is 29.5 Å². The highest BCUT2D eigenvalue weighted by Crippen LogP contribution is 2.28. The lowest BCUT2D eigenvalue weighted by Gasteiger charge is -2.36. The second-order valence-corrected chi connectivity index (χ2v) is 6.61. The highest BCUT2D eigenvalue weighted by atomic mass is 16.5. The molecule has 1 aliphatic heterocycles. The van der Waals surface area contributed by atoms with Crippen molar-refractivity contribution in [3.8, 4) is 5.75 Å². The average Bonchev–Trinajstić information content (AvgIpc) is 2.76. The van der Waals surface area contributed by atoms with E-state index in [4.69, 9.17) is 4.74 Å². The molecule has 0 atom stereocenters. The van der Waals surface area contributed by atoms with Crippen molar-refractivity contribution in [2.45, 2.75) is 6.54 Å². The first-order valence-corrected chi connectivity index (χ1v) is 9.15. The summed E-state index contributed by atoms with van der Waals surface area (Å²) in [5.74, 6) is 0.687. The van der Waals surface area contributed by atoms with E-state index in [1.165, 1.54) is 0 Å². The Morgan fingerprint density at radius 3 is 2.54 bits per heavy atom. The van der Waals surface area contributed by atoms with Crippen molar-refractivity contribution in [2.75, 3.05) is 38.2 Å². The largest absolute Gasteiger partial charge is 0.495 e. The SMILES string of the molecule is COc1ccccc1N1CCN(C(=O)Cn2nnc3ccccc3c2=O)CC1. The van der Waals surface area contributed by atoms with Crippen LogP contribution in [0.4, 0.5) is 5.69 Å². The molecule has 1 amide bonds. The van der Waals surface area contributed by atoms with E-state index in [-0.39, 0.29) is 18.0 Å². The number of hydrogen-bond acceptors (Lipinski definition) is 6. The number of rotatable bonds is 4. The van der Waals surface area contributed by atoms with Crippen molar-refractivity contribution in [1.82, 2.24) is 19.9 Å². The smallest absolute Gasteiger partial charge is 0.278 e. The fraction of sp³-hybridized carbons (Fsp3) is 0.300. The lowest BCUT2D eigenvalue weighted by molar-refractivity contribution is -0.132. The normalized spacial score (nSPS) is 14.3. The fourth-order valence-corrected chi connectivity index (χ4v) is 3.44. The van der Waals surface area contributed by atoms with E-state index in [0.717, 1.165) is 16.1 Å². The molecule has 2 heterocycles. The van der Waals surface area contributed by atoms with Crippen LogP contribution in [0.2, 0.25) is 0 Å². The number of piperazine rings is 1. The number of amides is 1. The lowest BCUT2D eigenvalue weighted by Crippen LogP contribution is -2.50. The van der Waals surface area contributed by atoms with Gasteiger partial charge < -0.3 is 14.5 Å². The van der Waals surface area contributed by atoms with Crippen LogP contribution in [0.15, 0.2) is 53.3 Å². The molecule has 0 unspecified atom stereocenters. The summed E-state index contributed by atoms with van der Waals surface area (Å²) in [6.45, 7) is 2.44. The van der Waals surface area contributed by atoms with Gasteiger partial charge in [-0.05, 0) is 24.3 Å². The molecule has 1 aliphatic rings. The maximum absolute atomic E-state index is 12.7. The van der Waals surface area contributed by atoms with Crippen LogP contribution in [0.25, 0.3) is 10.9 Å². The molecule has 144 valence electrons. The molecule has 0 radical (unpaired) electrons. The number of nitrogens with zero attached hydrogens (tertiary/aromatic N) is 5. The third-order valence-corrected chi connectivity index (χ3v) is 4.97. The summed E-state index contributed by atoms with van der Waals surface area (Å²) in [6, 6.07) is 14.8. The van der Waals surface area contributed by atoms with E-state index >= 15 is 0 Å². The van der Waals surface area contributed by atoms with Crippen molar-refractivity contribution >= 4 is 22.5 Å². The molecule has 0 saturated carbocycles.